The fourth-order valence-electron chi connectivity index (χ4n) is 2.26. The molecule has 1 saturated heterocycles. The van der Waals surface area contributed by atoms with Gasteiger partial charge in [0.2, 0.25) is 5.82 Å². The van der Waals surface area contributed by atoms with Gasteiger partial charge in [-0.1, -0.05) is 0 Å². The number of halogens is 2. The summed E-state index contributed by atoms with van der Waals surface area (Å²) in [7, 11) is 0. The molecule has 2 unspecified atom stereocenters. The SMILES string of the molecule is CC(NCc1cc([N+](=O)[O-])c(F)cc1F)C1CCCO1. The molecule has 0 spiro atoms. The third-order valence-electron chi connectivity index (χ3n) is 3.45. The van der Waals surface area contributed by atoms with Crippen LogP contribution in [0.5, 0.6) is 0 Å². The third kappa shape index (κ3) is 3.29. The van der Waals surface area contributed by atoms with Crippen molar-refractivity contribution in [2.75, 3.05) is 6.61 Å². The Balaban J connectivity index is 2.05. The number of hydrogen-bond donors (Lipinski definition) is 1. The topological polar surface area (TPSA) is 64.4 Å². The lowest BCUT2D eigenvalue weighted by molar-refractivity contribution is -0.387. The minimum absolute atomic E-state index is 0.000934. The Bertz CT molecular complexity index is 505. The van der Waals surface area contributed by atoms with Crippen molar-refractivity contribution in [1.82, 2.24) is 5.32 Å². The largest absolute Gasteiger partial charge is 0.377 e. The van der Waals surface area contributed by atoms with Gasteiger partial charge in [0.15, 0.2) is 0 Å². The van der Waals surface area contributed by atoms with E-state index in [0.717, 1.165) is 18.9 Å². The van der Waals surface area contributed by atoms with Crippen molar-refractivity contribution in [3.8, 4) is 0 Å². The summed E-state index contributed by atoms with van der Waals surface area (Å²) in [4.78, 5) is 9.78. The predicted octanol–water partition coefficient (Wildman–Crippen LogP) is 2.53. The number of ether oxygens (including phenoxy) is 1. The average molecular weight is 286 g/mol. The quantitative estimate of drug-likeness (QED) is 0.667. The van der Waals surface area contributed by atoms with Crippen molar-refractivity contribution in [3.63, 3.8) is 0 Å². The van der Waals surface area contributed by atoms with Gasteiger partial charge >= 0.3 is 5.69 Å². The molecule has 1 aliphatic rings. The number of nitrogens with zero attached hydrogens (tertiary/aromatic N) is 1. The highest BCUT2D eigenvalue weighted by Gasteiger charge is 2.23. The van der Waals surface area contributed by atoms with Gasteiger partial charge in [-0.15, -0.1) is 0 Å². The lowest BCUT2D eigenvalue weighted by atomic mass is 10.1. The van der Waals surface area contributed by atoms with E-state index in [1.807, 2.05) is 6.92 Å². The summed E-state index contributed by atoms with van der Waals surface area (Å²) in [5, 5.41) is 13.7. The number of nitro benzene ring substituents is 1. The predicted molar refractivity (Wildman–Crippen MR) is 68.3 cm³/mol. The van der Waals surface area contributed by atoms with Crippen LogP contribution in [0.2, 0.25) is 0 Å². The Hall–Kier alpha value is -1.60. The van der Waals surface area contributed by atoms with Gasteiger partial charge < -0.3 is 10.1 Å². The van der Waals surface area contributed by atoms with Crippen molar-refractivity contribution in [2.24, 2.45) is 0 Å². The highest BCUT2D eigenvalue weighted by Crippen LogP contribution is 2.22. The van der Waals surface area contributed by atoms with E-state index in [9.17, 15) is 18.9 Å². The number of benzene rings is 1. The van der Waals surface area contributed by atoms with Crippen LogP contribution in [0.4, 0.5) is 14.5 Å². The lowest BCUT2D eigenvalue weighted by Gasteiger charge is -2.20. The van der Waals surface area contributed by atoms with E-state index in [4.69, 9.17) is 4.74 Å². The van der Waals surface area contributed by atoms with Crippen molar-refractivity contribution in [2.45, 2.75) is 38.5 Å². The first-order valence-corrected chi connectivity index (χ1v) is 6.46. The molecular formula is C13H16F2N2O3. The molecular weight excluding hydrogens is 270 g/mol. The molecule has 0 bridgehead atoms. The van der Waals surface area contributed by atoms with Crippen LogP contribution in [0.1, 0.15) is 25.3 Å². The van der Waals surface area contributed by atoms with Gasteiger partial charge in [0, 0.05) is 36.9 Å². The molecule has 7 heteroatoms. The smallest absolute Gasteiger partial charge is 0.305 e. The first kappa shape index (κ1) is 14.8. The van der Waals surface area contributed by atoms with Gasteiger partial charge in [-0.05, 0) is 19.8 Å². The van der Waals surface area contributed by atoms with Crippen LogP contribution < -0.4 is 5.32 Å². The van der Waals surface area contributed by atoms with E-state index in [1.165, 1.54) is 0 Å². The van der Waals surface area contributed by atoms with Crippen molar-refractivity contribution < 1.29 is 18.4 Å². The Morgan fingerprint density at radius 3 is 2.85 bits per heavy atom. The maximum Gasteiger partial charge on any atom is 0.305 e. The summed E-state index contributed by atoms with van der Waals surface area (Å²) < 4.78 is 32.3. The Kier molecular flexibility index (Phi) is 4.61. The van der Waals surface area contributed by atoms with Gasteiger partial charge in [-0.2, -0.15) is 4.39 Å². The fraction of sp³-hybridized carbons (Fsp3) is 0.538. The molecule has 1 heterocycles. The molecule has 1 aromatic rings. The van der Waals surface area contributed by atoms with Gasteiger partial charge in [0.1, 0.15) is 5.82 Å². The Morgan fingerprint density at radius 2 is 2.25 bits per heavy atom. The van der Waals surface area contributed by atoms with Crippen molar-refractivity contribution >= 4 is 5.69 Å². The van der Waals surface area contributed by atoms with Gasteiger partial charge in [0.25, 0.3) is 0 Å². The molecule has 20 heavy (non-hydrogen) atoms. The van der Waals surface area contributed by atoms with Crippen LogP contribution in [-0.2, 0) is 11.3 Å². The summed E-state index contributed by atoms with van der Waals surface area (Å²) in [5.41, 5.74) is -0.643. The van der Waals surface area contributed by atoms with Crippen LogP contribution in [0.25, 0.3) is 0 Å². The second kappa shape index (κ2) is 6.23. The van der Waals surface area contributed by atoms with Gasteiger partial charge in [-0.25, -0.2) is 4.39 Å². The first-order valence-electron chi connectivity index (χ1n) is 6.46. The minimum Gasteiger partial charge on any atom is -0.377 e. The number of nitrogens with one attached hydrogen (secondary N) is 1. The molecule has 5 nitrogen and oxygen atoms in total. The summed E-state index contributed by atoms with van der Waals surface area (Å²) >= 11 is 0. The van der Waals surface area contributed by atoms with Gasteiger partial charge in [-0.3, -0.25) is 10.1 Å². The van der Waals surface area contributed by atoms with E-state index < -0.39 is 22.2 Å². The van der Waals surface area contributed by atoms with Crippen LogP contribution in [-0.4, -0.2) is 23.7 Å². The standard InChI is InChI=1S/C13H16F2N2O3/c1-8(13-3-2-4-20-13)16-7-9-5-12(17(18)19)11(15)6-10(9)14/h5-6,8,13,16H,2-4,7H2,1H3. The number of hydrogen-bond acceptors (Lipinski definition) is 4. The average Bonchev–Trinajstić information content (AvgIpc) is 2.90. The zero-order chi connectivity index (χ0) is 14.7. The molecule has 110 valence electrons. The Morgan fingerprint density at radius 1 is 1.50 bits per heavy atom. The molecule has 1 N–H and O–H groups in total. The van der Waals surface area contributed by atoms with Crippen molar-refractivity contribution in [1.29, 1.82) is 0 Å². The van der Waals surface area contributed by atoms with Crippen LogP contribution in [0, 0.1) is 21.7 Å². The molecule has 1 aliphatic heterocycles. The first-order chi connectivity index (χ1) is 9.49. The van der Waals surface area contributed by atoms with Crippen LogP contribution in [0.15, 0.2) is 12.1 Å². The second-order valence-corrected chi connectivity index (χ2v) is 4.87. The van der Waals surface area contributed by atoms with E-state index >= 15 is 0 Å². The normalized spacial score (nSPS) is 20.1. The molecule has 1 aromatic carbocycles. The zero-order valence-electron chi connectivity index (χ0n) is 11.1. The van der Waals surface area contributed by atoms with Crippen molar-refractivity contribution in [3.05, 3.63) is 39.4 Å². The molecule has 0 aliphatic carbocycles. The van der Waals surface area contributed by atoms with E-state index in [-0.39, 0.29) is 24.3 Å². The molecule has 2 rings (SSSR count). The third-order valence-corrected chi connectivity index (χ3v) is 3.45. The second-order valence-electron chi connectivity index (χ2n) is 4.87. The number of nitro groups is 1. The highest BCUT2D eigenvalue weighted by atomic mass is 19.1. The minimum atomic E-state index is -1.16. The molecule has 0 saturated carbocycles. The summed E-state index contributed by atoms with van der Waals surface area (Å²) in [6.07, 6.45) is 1.99. The maximum atomic E-state index is 13.6. The summed E-state index contributed by atoms with van der Waals surface area (Å²) in [6.45, 7) is 2.72. The van der Waals surface area contributed by atoms with E-state index in [1.54, 1.807) is 0 Å². The van der Waals surface area contributed by atoms with Crippen LogP contribution >= 0.6 is 0 Å². The fourth-order valence-corrected chi connectivity index (χ4v) is 2.26. The van der Waals surface area contributed by atoms with Gasteiger partial charge in [0.05, 0.1) is 11.0 Å². The molecule has 1 fully saturated rings. The van der Waals surface area contributed by atoms with E-state index in [0.29, 0.717) is 12.7 Å². The number of rotatable bonds is 5. The molecule has 0 amide bonds. The zero-order valence-corrected chi connectivity index (χ0v) is 11.1. The summed E-state index contributed by atoms with van der Waals surface area (Å²) in [6, 6.07) is 1.48. The monoisotopic (exact) mass is 286 g/mol. The molecule has 2 atom stereocenters. The highest BCUT2D eigenvalue weighted by molar-refractivity contribution is 5.37. The molecule has 0 aromatic heterocycles. The Labute approximate surface area is 115 Å². The lowest BCUT2D eigenvalue weighted by Crippen LogP contribution is -2.36. The summed E-state index contributed by atoms with van der Waals surface area (Å²) in [5.74, 6) is -1.96. The molecule has 0 radical (unpaired) electrons. The van der Waals surface area contributed by atoms with E-state index in [2.05, 4.69) is 5.32 Å². The maximum absolute atomic E-state index is 13.6. The van der Waals surface area contributed by atoms with Crippen LogP contribution in [0.3, 0.4) is 0 Å².